The van der Waals surface area contributed by atoms with E-state index in [1.807, 2.05) is 54.6 Å². The minimum atomic E-state index is -0.874. The van der Waals surface area contributed by atoms with E-state index in [-0.39, 0.29) is 22.1 Å². The normalized spacial score (nSPS) is 16.8. The van der Waals surface area contributed by atoms with E-state index in [2.05, 4.69) is 6.07 Å². The zero-order chi connectivity index (χ0) is 51.4. The third-order valence-corrected chi connectivity index (χ3v) is 9.73. The van der Waals surface area contributed by atoms with Crippen molar-refractivity contribution in [1.29, 1.82) is 0 Å². The van der Waals surface area contributed by atoms with Gasteiger partial charge >= 0.3 is 0 Å². The summed E-state index contributed by atoms with van der Waals surface area (Å²) in [5.41, 5.74) is -0.00623. The van der Waals surface area contributed by atoms with Crippen molar-refractivity contribution in [3.8, 4) is 44.5 Å². The average Bonchev–Trinajstić information content (AvgIpc) is 3.78. The molecule has 53 heavy (non-hydrogen) atoms. The number of benzene rings is 10. The molecule has 0 spiro atoms. The van der Waals surface area contributed by atoms with Crippen LogP contribution in [0.15, 0.2) is 198 Å². The van der Waals surface area contributed by atoms with Crippen LogP contribution in [0, 0.1) is 0 Å². The van der Waals surface area contributed by atoms with E-state index in [4.69, 9.17) is 19.5 Å². The second kappa shape index (κ2) is 11.8. The molecule has 0 unspecified atom stereocenters. The summed E-state index contributed by atoms with van der Waals surface area (Å²) in [5.74, 6) is 0. The zero-order valence-electron chi connectivity index (χ0n) is 46.4. The molecule has 0 N–H and O–H groups in total. The molecular formula is C52H32O. The van der Waals surface area contributed by atoms with Crippen LogP contribution >= 0.6 is 0 Å². The van der Waals surface area contributed by atoms with Crippen molar-refractivity contribution < 1.29 is 30.5 Å². The first kappa shape index (κ1) is 16.6. The molecule has 0 aliphatic rings. The van der Waals surface area contributed by atoms with Crippen LogP contribution in [0.2, 0.25) is 0 Å². The summed E-state index contributed by atoms with van der Waals surface area (Å²) in [5, 5.41) is 0.235. The lowest BCUT2D eigenvalue weighted by atomic mass is 9.83. The van der Waals surface area contributed by atoms with Gasteiger partial charge in [-0.2, -0.15) is 0 Å². The SMILES string of the molecule is [2H]c1c([2H])c([2H])c(-c2c3c([2H])c([2H])c([2H])c([2H])c3c(-c3c([2H])c([2H])c(-c4cccc5c4oc4cccc(-c6ccc7ccccc7c6)c45)c4c([2H])c([2H])c([2H])c([2H])c34)c3c([2H])c([2H])c([2H])c([2H])c23)c([2H])c1[2H]. The molecule has 1 aromatic heterocycles. The average molecular weight is 692 g/mol. The van der Waals surface area contributed by atoms with Crippen molar-refractivity contribution in [3.05, 3.63) is 194 Å². The maximum Gasteiger partial charge on any atom is 0.143 e. The smallest absolute Gasteiger partial charge is 0.143 e. The van der Waals surface area contributed by atoms with Gasteiger partial charge in [0.25, 0.3) is 0 Å². The van der Waals surface area contributed by atoms with Gasteiger partial charge in [0.05, 0.1) is 26.0 Å². The highest BCUT2D eigenvalue weighted by Crippen LogP contribution is 2.48. The minimum absolute atomic E-state index is 0.156. The molecule has 1 nitrogen and oxygen atoms in total. The number of furan rings is 1. The van der Waals surface area contributed by atoms with E-state index in [0.29, 0.717) is 16.4 Å². The zero-order valence-corrected chi connectivity index (χ0v) is 27.4. The first-order valence-corrected chi connectivity index (χ1v) is 16.7. The molecule has 11 rings (SSSR count). The molecule has 0 amide bonds. The highest BCUT2D eigenvalue weighted by molar-refractivity contribution is 6.25. The summed E-state index contributed by atoms with van der Waals surface area (Å²) < 4.78 is 180. The van der Waals surface area contributed by atoms with Gasteiger partial charge in [-0.15, -0.1) is 0 Å². The standard InChI is InChI=1S/C52H32O/c1-2-15-34(16-3-1)49-41-20-8-10-22-43(41)50(44-23-11-9-21-42(44)49)45-31-30-40(38-18-6-7-19-39(38)45)46-25-12-26-47-51-37(24-13-27-48(51)53-52(46)47)36-29-28-33-14-4-5-17-35(33)32-36/h1-32H/i1D,2D,3D,6D,7D,8D,9D,10D,11D,15D,16D,18D,19D,20D,21D,22D,23D,30D,31D. The molecule has 1 heteroatoms. The third kappa shape index (κ3) is 4.58. The molecule has 0 aliphatic heterocycles. The molecule has 1 heterocycles. The fraction of sp³-hybridized carbons (Fsp3) is 0. The lowest BCUT2D eigenvalue weighted by molar-refractivity contribution is 0.670. The minimum Gasteiger partial charge on any atom is -0.455 e. The Kier molecular flexibility index (Phi) is 3.69. The molecule has 0 bridgehead atoms. The Bertz CT molecular complexity index is 4220. The topological polar surface area (TPSA) is 13.1 Å². The van der Waals surface area contributed by atoms with Crippen LogP contribution in [0.4, 0.5) is 0 Å². The highest BCUT2D eigenvalue weighted by atomic mass is 16.3. The fourth-order valence-electron chi connectivity index (χ4n) is 7.47. The Morgan fingerprint density at radius 1 is 0.358 bits per heavy atom. The molecule has 10 aromatic carbocycles. The van der Waals surface area contributed by atoms with E-state index in [1.165, 1.54) is 0 Å². The van der Waals surface area contributed by atoms with Crippen molar-refractivity contribution in [2.75, 3.05) is 0 Å². The monoisotopic (exact) mass is 691 g/mol. The lowest BCUT2D eigenvalue weighted by Crippen LogP contribution is -1.92. The number of hydrogen-bond donors (Lipinski definition) is 0. The molecule has 0 fully saturated rings. The van der Waals surface area contributed by atoms with Crippen molar-refractivity contribution >= 4 is 65.0 Å². The van der Waals surface area contributed by atoms with Crippen LogP contribution in [0.1, 0.15) is 26.0 Å². The van der Waals surface area contributed by atoms with Crippen LogP contribution in [0.25, 0.3) is 110 Å². The first-order valence-electron chi connectivity index (χ1n) is 26.2. The maximum absolute atomic E-state index is 10.00. The Morgan fingerprint density at radius 3 is 1.68 bits per heavy atom. The van der Waals surface area contributed by atoms with Crippen molar-refractivity contribution in [1.82, 2.24) is 0 Å². The molecule has 246 valence electrons. The maximum atomic E-state index is 10.00. The summed E-state index contributed by atoms with van der Waals surface area (Å²) >= 11 is 0. The van der Waals surface area contributed by atoms with Crippen LogP contribution < -0.4 is 0 Å². The van der Waals surface area contributed by atoms with Gasteiger partial charge in [-0.1, -0.05) is 182 Å². The van der Waals surface area contributed by atoms with Gasteiger partial charge < -0.3 is 4.42 Å². The van der Waals surface area contributed by atoms with Crippen LogP contribution in [-0.4, -0.2) is 0 Å². The molecular weight excluding hydrogens is 641 g/mol. The molecule has 0 atom stereocenters. The largest absolute Gasteiger partial charge is 0.455 e. The van der Waals surface area contributed by atoms with E-state index in [9.17, 15) is 11.0 Å². The molecule has 0 aliphatic carbocycles. The number of fused-ring (bicyclic) bond motifs is 7. The fourth-order valence-corrected chi connectivity index (χ4v) is 7.47. The predicted octanol–water partition coefficient (Wildman–Crippen LogP) is 14.9. The van der Waals surface area contributed by atoms with Gasteiger partial charge in [0.2, 0.25) is 0 Å². The Labute approximate surface area is 333 Å². The summed E-state index contributed by atoms with van der Waals surface area (Å²) in [4.78, 5) is 0. The summed E-state index contributed by atoms with van der Waals surface area (Å²) in [7, 11) is 0. The van der Waals surface area contributed by atoms with Gasteiger partial charge in [-0.3, -0.25) is 0 Å². The van der Waals surface area contributed by atoms with Crippen molar-refractivity contribution in [3.63, 3.8) is 0 Å². The third-order valence-electron chi connectivity index (χ3n) is 9.73. The van der Waals surface area contributed by atoms with Gasteiger partial charge in [-0.25, -0.2) is 0 Å². The number of hydrogen-bond acceptors (Lipinski definition) is 1. The van der Waals surface area contributed by atoms with E-state index < -0.39 is 164 Å². The van der Waals surface area contributed by atoms with Gasteiger partial charge in [0.15, 0.2) is 0 Å². The Balaban J connectivity index is 1.35. The Morgan fingerprint density at radius 2 is 0.943 bits per heavy atom. The summed E-state index contributed by atoms with van der Waals surface area (Å²) in [6, 6.07) is 8.99. The van der Waals surface area contributed by atoms with Gasteiger partial charge in [0.1, 0.15) is 11.2 Å². The second-order valence-electron chi connectivity index (χ2n) is 12.5. The van der Waals surface area contributed by atoms with Gasteiger partial charge in [-0.05, 0) is 94.2 Å². The summed E-state index contributed by atoms with van der Waals surface area (Å²) in [6.07, 6.45) is 0. The summed E-state index contributed by atoms with van der Waals surface area (Å²) in [6.45, 7) is 0. The van der Waals surface area contributed by atoms with Crippen LogP contribution in [0.3, 0.4) is 0 Å². The molecule has 0 saturated carbocycles. The van der Waals surface area contributed by atoms with Crippen LogP contribution in [-0.2, 0) is 0 Å². The first-order chi connectivity index (χ1) is 34.2. The van der Waals surface area contributed by atoms with Crippen molar-refractivity contribution in [2.45, 2.75) is 0 Å². The van der Waals surface area contributed by atoms with E-state index >= 15 is 0 Å². The van der Waals surface area contributed by atoms with E-state index in [1.54, 1.807) is 18.2 Å². The number of para-hydroxylation sites is 1. The van der Waals surface area contributed by atoms with Crippen molar-refractivity contribution in [2.24, 2.45) is 0 Å². The molecule has 0 radical (unpaired) electrons. The van der Waals surface area contributed by atoms with E-state index in [0.717, 1.165) is 21.9 Å². The lowest BCUT2D eigenvalue weighted by Gasteiger charge is -2.19. The highest BCUT2D eigenvalue weighted by Gasteiger charge is 2.21. The Hall–Kier alpha value is -6.96. The number of rotatable bonds is 4. The molecule has 11 aromatic rings. The second-order valence-corrected chi connectivity index (χ2v) is 12.5. The molecule has 0 saturated heterocycles. The van der Waals surface area contributed by atoms with Gasteiger partial charge in [0, 0.05) is 16.3 Å². The quantitative estimate of drug-likeness (QED) is 0.167. The predicted molar refractivity (Wildman–Crippen MR) is 225 cm³/mol. The van der Waals surface area contributed by atoms with Crippen LogP contribution in [0.5, 0.6) is 0 Å².